The summed E-state index contributed by atoms with van der Waals surface area (Å²) in [5.41, 5.74) is 3.95. The Labute approximate surface area is 189 Å². The molecule has 5 heteroatoms. The third-order valence-corrected chi connectivity index (χ3v) is 5.57. The zero-order chi connectivity index (χ0) is 22.2. The van der Waals surface area contributed by atoms with Crippen molar-refractivity contribution in [1.82, 2.24) is 4.90 Å². The number of carbonyl (C=O) groups is 2. The van der Waals surface area contributed by atoms with Gasteiger partial charge in [0, 0.05) is 31.6 Å². The van der Waals surface area contributed by atoms with E-state index in [0.29, 0.717) is 24.4 Å². The van der Waals surface area contributed by atoms with E-state index < -0.39 is 0 Å². The number of benzene rings is 3. The summed E-state index contributed by atoms with van der Waals surface area (Å²) in [5, 5.41) is 2.90. The average Bonchev–Trinajstić information content (AvgIpc) is 2.81. The predicted octanol–water partition coefficient (Wildman–Crippen LogP) is 4.81. The molecule has 0 aromatic heterocycles. The number of hydrogen-bond acceptors (Lipinski definition) is 3. The van der Waals surface area contributed by atoms with Crippen LogP contribution in [0.2, 0.25) is 0 Å². The van der Waals surface area contributed by atoms with Gasteiger partial charge in [0.15, 0.2) is 6.61 Å². The van der Waals surface area contributed by atoms with Gasteiger partial charge in [0.1, 0.15) is 5.75 Å². The van der Waals surface area contributed by atoms with Crippen LogP contribution in [0.15, 0.2) is 78.9 Å². The van der Waals surface area contributed by atoms with Crippen LogP contribution in [0.25, 0.3) is 0 Å². The lowest BCUT2D eigenvalue weighted by Crippen LogP contribution is -2.34. The summed E-state index contributed by atoms with van der Waals surface area (Å²) in [7, 11) is 0. The molecule has 2 amide bonds. The summed E-state index contributed by atoms with van der Waals surface area (Å²) in [6, 6.07) is 25.6. The van der Waals surface area contributed by atoms with Crippen molar-refractivity contribution in [2.24, 2.45) is 0 Å². The quantitative estimate of drug-likeness (QED) is 0.560. The number of ether oxygens (including phenoxy) is 1. The van der Waals surface area contributed by atoms with Crippen molar-refractivity contribution in [3.05, 3.63) is 95.6 Å². The van der Waals surface area contributed by atoms with Crippen LogP contribution in [-0.4, -0.2) is 29.9 Å². The van der Waals surface area contributed by atoms with E-state index in [1.807, 2.05) is 71.6 Å². The number of para-hydroxylation sites is 1. The lowest BCUT2D eigenvalue weighted by molar-refractivity contribution is -0.133. The number of hydrogen-bond donors (Lipinski definition) is 1. The second-order valence-corrected chi connectivity index (χ2v) is 8.08. The van der Waals surface area contributed by atoms with Crippen LogP contribution < -0.4 is 10.1 Å². The number of likely N-dealkylation sites (tertiary alicyclic amines) is 1. The normalized spacial score (nSPS) is 13.6. The molecule has 1 aliphatic rings. The van der Waals surface area contributed by atoms with Crippen molar-refractivity contribution in [1.29, 1.82) is 0 Å². The number of carbonyl (C=O) groups excluding carboxylic acids is 2. The number of piperidine rings is 1. The number of nitrogens with zero attached hydrogens (tertiary/aromatic N) is 1. The summed E-state index contributed by atoms with van der Waals surface area (Å²) >= 11 is 0. The third-order valence-electron chi connectivity index (χ3n) is 5.57. The van der Waals surface area contributed by atoms with E-state index >= 15 is 0 Å². The fourth-order valence-corrected chi connectivity index (χ4v) is 3.94. The van der Waals surface area contributed by atoms with Gasteiger partial charge in [-0.15, -0.1) is 0 Å². The molecule has 0 radical (unpaired) electrons. The molecule has 1 fully saturated rings. The lowest BCUT2D eigenvalue weighted by atomic mass is 10.0. The first-order chi connectivity index (χ1) is 15.7. The zero-order valence-electron chi connectivity index (χ0n) is 18.1. The fraction of sp³-hybridized carbons (Fsp3) is 0.259. The van der Waals surface area contributed by atoms with Crippen molar-refractivity contribution < 1.29 is 14.3 Å². The molecule has 1 aliphatic heterocycles. The molecule has 1 saturated heterocycles. The van der Waals surface area contributed by atoms with Gasteiger partial charge in [0.25, 0.3) is 5.91 Å². The molecule has 0 unspecified atom stereocenters. The highest BCUT2D eigenvalue weighted by molar-refractivity contribution is 5.92. The molecule has 4 rings (SSSR count). The molecule has 32 heavy (non-hydrogen) atoms. The van der Waals surface area contributed by atoms with Crippen LogP contribution in [0.5, 0.6) is 5.75 Å². The Balaban J connectivity index is 1.33. The molecule has 3 aromatic rings. The number of anilines is 1. The van der Waals surface area contributed by atoms with E-state index in [2.05, 4.69) is 17.4 Å². The van der Waals surface area contributed by atoms with Crippen molar-refractivity contribution in [2.45, 2.75) is 32.2 Å². The van der Waals surface area contributed by atoms with Crippen molar-refractivity contribution in [3.8, 4) is 5.75 Å². The first-order valence-electron chi connectivity index (χ1n) is 11.1. The molecule has 0 atom stereocenters. The van der Waals surface area contributed by atoms with Crippen molar-refractivity contribution >= 4 is 17.5 Å². The SMILES string of the molecule is O=C(COc1ccccc1Cc1ccccc1)Nc1cccc(CN2CCCCC2=O)c1. The third kappa shape index (κ3) is 5.97. The van der Waals surface area contributed by atoms with Gasteiger partial charge in [-0.05, 0) is 47.7 Å². The molecule has 5 nitrogen and oxygen atoms in total. The van der Waals surface area contributed by atoms with E-state index in [0.717, 1.165) is 36.9 Å². The molecule has 0 spiro atoms. The van der Waals surface area contributed by atoms with E-state index in [1.165, 1.54) is 5.56 Å². The van der Waals surface area contributed by atoms with Gasteiger partial charge < -0.3 is 15.0 Å². The maximum atomic E-state index is 12.5. The van der Waals surface area contributed by atoms with E-state index in [1.54, 1.807) is 0 Å². The predicted molar refractivity (Wildman–Crippen MR) is 126 cm³/mol. The van der Waals surface area contributed by atoms with Gasteiger partial charge >= 0.3 is 0 Å². The minimum absolute atomic E-state index is 0.0688. The topological polar surface area (TPSA) is 58.6 Å². The first-order valence-corrected chi connectivity index (χ1v) is 11.1. The molecule has 0 bridgehead atoms. The summed E-state index contributed by atoms with van der Waals surface area (Å²) in [6.07, 6.45) is 3.39. The Morgan fingerprint density at radius 2 is 1.69 bits per heavy atom. The molecule has 0 aliphatic carbocycles. The van der Waals surface area contributed by atoms with Crippen LogP contribution in [0.1, 0.15) is 36.0 Å². The molecule has 164 valence electrons. The van der Waals surface area contributed by atoms with Crippen LogP contribution >= 0.6 is 0 Å². The van der Waals surface area contributed by atoms with Crippen LogP contribution in [0.3, 0.4) is 0 Å². The summed E-state index contributed by atoms with van der Waals surface area (Å²) in [5.74, 6) is 0.697. The minimum Gasteiger partial charge on any atom is -0.483 e. The molecule has 1 heterocycles. The molecule has 1 N–H and O–H groups in total. The van der Waals surface area contributed by atoms with Crippen LogP contribution in [-0.2, 0) is 22.6 Å². The minimum atomic E-state index is -0.217. The summed E-state index contributed by atoms with van der Waals surface area (Å²) in [4.78, 5) is 26.5. The van der Waals surface area contributed by atoms with E-state index in [9.17, 15) is 9.59 Å². The fourth-order valence-electron chi connectivity index (χ4n) is 3.94. The Morgan fingerprint density at radius 1 is 0.906 bits per heavy atom. The maximum Gasteiger partial charge on any atom is 0.262 e. The van der Waals surface area contributed by atoms with E-state index in [-0.39, 0.29) is 18.4 Å². The van der Waals surface area contributed by atoms with Gasteiger partial charge in [0.2, 0.25) is 5.91 Å². The number of rotatable bonds is 8. The zero-order valence-corrected chi connectivity index (χ0v) is 18.1. The summed E-state index contributed by atoms with van der Waals surface area (Å²) in [6.45, 7) is 1.30. The Hall–Kier alpha value is -3.60. The average molecular weight is 429 g/mol. The molecule has 0 saturated carbocycles. The maximum absolute atomic E-state index is 12.5. The smallest absolute Gasteiger partial charge is 0.262 e. The van der Waals surface area contributed by atoms with Crippen LogP contribution in [0.4, 0.5) is 5.69 Å². The van der Waals surface area contributed by atoms with Crippen molar-refractivity contribution in [2.75, 3.05) is 18.5 Å². The van der Waals surface area contributed by atoms with E-state index in [4.69, 9.17) is 4.74 Å². The van der Waals surface area contributed by atoms with Crippen molar-refractivity contribution in [3.63, 3.8) is 0 Å². The Morgan fingerprint density at radius 3 is 2.53 bits per heavy atom. The molecular formula is C27H28N2O3. The molecular weight excluding hydrogens is 400 g/mol. The Bertz CT molecular complexity index is 1070. The molecule has 3 aromatic carbocycles. The Kier molecular flexibility index (Phi) is 7.18. The second kappa shape index (κ2) is 10.6. The largest absolute Gasteiger partial charge is 0.483 e. The monoisotopic (exact) mass is 428 g/mol. The van der Waals surface area contributed by atoms with Gasteiger partial charge in [-0.3, -0.25) is 9.59 Å². The van der Waals surface area contributed by atoms with Crippen LogP contribution in [0, 0.1) is 0 Å². The highest BCUT2D eigenvalue weighted by Crippen LogP contribution is 2.22. The summed E-state index contributed by atoms with van der Waals surface area (Å²) < 4.78 is 5.84. The van der Waals surface area contributed by atoms with Gasteiger partial charge in [0.05, 0.1) is 0 Å². The lowest BCUT2D eigenvalue weighted by Gasteiger charge is -2.26. The standard InChI is InChI=1S/C27H28N2O3/c30-26(20-32-25-14-5-4-12-23(25)17-21-9-2-1-3-10-21)28-24-13-8-11-22(18-24)19-29-16-7-6-15-27(29)31/h1-5,8-14,18H,6-7,15-17,19-20H2,(H,28,30). The highest BCUT2D eigenvalue weighted by Gasteiger charge is 2.18. The van der Waals surface area contributed by atoms with Gasteiger partial charge in [-0.1, -0.05) is 60.7 Å². The number of amides is 2. The first kappa shape index (κ1) is 21.6. The number of nitrogens with one attached hydrogen (secondary N) is 1. The second-order valence-electron chi connectivity index (χ2n) is 8.08. The van der Waals surface area contributed by atoms with Gasteiger partial charge in [-0.2, -0.15) is 0 Å². The van der Waals surface area contributed by atoms with Gasteiger partial charge in [-0.25, -0.2) is 0 Å². The highest BCUT2D eigenvalue weighted by atomic mass is 16.5.